The van der Waals surface area contributed by atoms with E-state index in [2.05, 4.69) is 15.5 Å². The quantitative estimate of drug-likeness (QED) is 0.780. The summed E-state index contributed by atoms with van der Waals surface area (Å²) in [5, 5.41) is 18.4. The second-order valence-electron chi connectivity index (χ2n) is 5.55. The molecule has 1 fully saturated rings. The SMILES string of the molecule is O=C(NC[C@H]1CCO[C@@H]1c1cn[nH]c1)c1ccc(CO)c(F)c1. The number of amides is 1. The van der Waals surface area contributed by atoms with Crippen molar-refractivity contribution in [1.82, 2.24) is 15.5 Å². The second kappa shape index (κ2) is 6.89. The van der Waals surface area contributed by atoms with E-state index in [4.69, 9.17) is 9.84 Å². The fourth-order valence-corrected chi connectivity index (χ4v) is 2.77. The molecule has 0 radical (unpaired) electrons. The highest BCUT2D eigenvalue weighted by molar-refractivity contribution is 5.94. The van der Waals surface area contributed by atoms with Crippen molar-refractivity contribution < 1.29 is 19.0 Å². The molecule has 0 saturated carbocycles. The van der Waals surface area contributed by atoms with Crippen LogP contribution in [0.15, 0.2) is 30.6 Å². The molecule has 1 amide bonds. The minimum Gasteiger partial charge on any atom is -0.392 e. The molecule has 1 aliphatic rings. The monoisotopic (exact) mass is 319 g/mol. The third-order valence-corrected chi connectivity index (χ3v) is 4.07. The summed E-state index contributed by atoms with van der Waals surface area (Å²) < 4.78 is 19.3. The number of aliphatic hydroxyl groups is 1. The highest BCUT2D eigenvalue weighted by atomic mass is 19.1. The Bertz CT molecular complexity index is 675. The maximum absolute atomic E-state index is 13.6. The third-order valence-electron chi connectivity index (χ3n) is 4.07. The summed E-state index contributed by atoms with van der Waals surface area (Å²) in [6, 6.07) is 4.06. The van der Waals surface area contributed by atoms with Crippen molar-refractivity contribution in [3.63, 3.8) is 0 Å². The van der Waals surface area contributed by atoms with Crippen LogP contribution in [-0.2, 0) is 11.3 Å². The Kier molecular flexibility index (Phi) is 4.68. The summed E-state index contributed by atoms with van der Waals surface area (Å²) in [7, 11) is 0. The van der Waals surface area contributed by atoms with Crippen LogP contribution in [0.1, 0.15) is 34.0 Å². The fourth-order valence-electron chi connectivity index (χ4n) is 2.77. The average molecular weight is 319 g/mol. The van der Waals surface area contributed by atoms with Crippen LogP contribution in [0.3, 0.4) is 0 Å². The molecule has 6 nitrogen and oxygen atoms in total. The van der Waals surface area contributed by atoms with Gasteiger partial charge in [0.25, 0.3) is 5.91 Å². The van der Waals surface area contributed by atoms with E-state index in [-0.39, 0.29) is 35.7 Å². The second-order valence-corrected chi connectivity index (χ2v) is 5.55. The number of carbonyl (C=O) groups excluding carboxylic acids is 1. The number of aromatic amines is 1. The van der Waals surface area contributed by atoms with Crippen LogP contribution >= 0.6 is 0 Å². The fraction of sp³-hybridized carbons (Fsp3) is 0.375. The molecule has 1 aromatic carbocycles. The maximum atomic E-state index is 13.6. The lowest BCUT2D eigenvalue weighted by Gasteiger charge is -2.17. The first-order valence-corrected chi connectivity index (χ1v) is 7.47. The van der Waals surface area contributed by atoms with E-state index in [9.17, 15) is 9.18 Å². The van der Waals surface area contributed by atoms with Crippen molar-refractivity contribution in [3.05, 3.63) is 53.1 Å². The molecule has 23 heavy (non-hydrogen) atoms. The van der Waals surface area contributed by atoms with Gasteiger partial charge >= 0.3 is 0 Å². The minimum absolute atomic E-state index is 0.0949. The highest BCUT2D eigenvalue weighted by Crippen LogP contribution is 2.33. The Balaban J connectivity index is 1.61. The predicted molar refractivity (Wildman–Crippen MR) is 80.0 cm³/mol. The molecule has 0 unspecified atom stereocenters. The topological polar surface area (TPSA) is 87.2 Å². The van der Waals surface area contributed by atoms with Gasteiger partial charge in [0, 0.05) is 42.0 Å². The van der Waals surface area contributed by atoms with E-state index >= 15 is 0 Å². The van der Waals surface area contributed by atoms with Gasteiger partial charge in [0.1, 0.15) is 5.82 Å². The van der Waals surface area contributed by atoms with Gasteiger partial charge in [-0.05, 0) is 18.6 Å². The lowest BCUT2D eigenvalue weighted by molar-refractivity contribution is 0.0846. The largest absolute Gasteiger partial charge is 0.392 e. The van der Waals surface area contributed by atoms with Gasteiger partial charge < -0.3 is 15.2 Å². The molecule has 3 N–H and O–H groups in total. The van der Waals surface area contributed by atoms with Crippen molar-refractivity contribution in [2.45, 2.75) is 19.1 Å². The van der Waals surface area contributed by atoms with Crippen LogP contribution in [0.5, 0.6) is 0 Å². The number of hydrogen-bond donors (Lipinski definition) is 3. The van der Waals surface area contributed by atoms with Crippen LogP contribution in [0, 0.1) is 11.7 Å². The average Bonchev–Trinajstić information content (AvgIpc) is 3.23. The van der Waals surface area contributed by atoms with E-state index in [0.717, 1.165) is 18.1 Å². The zero-order valence-electron chi connectivity index (χ0n) is 12.5. The van der Waals surface area contributed by atoms with Gasteiger partial charge in [0.15, 0.2) is 0 Å². The number of ether oxygens (including phenoxy) is 1. The van der Waals surface area contributed by atoms with E-state index in [1.165, 1.54) is 12.1 Å². The Morgan fingerprint density at radius 3 is 3.09 bits per heavy atom. The number of hydrogen-bond acceptors (Lipinski definition) is 4. The number of nitrogens with zero attached hydrogens (tertiary/aromatic N) is 1. The summed E-state index contributed by atoms with van der Waals surface area (Å²) in [6.07, 6.45) is 4.25. The van der Waals surface area contributed by atoms with Gasteiger partial charge in [-0.1, -0.05) is 6.07 Å². The summed E-state index contributed by atoms with van der Waals surface area (Å²) >= 11 is 0. The summed E-state index contributed by atoms with van der Waals surface area (Å²) in [5.41, 5.74) is 1.37. The molecule has 0 bridgehead atoms. The molecule has 0 spiro atoms. The molecule has 1 aromatic heterocycles. The molecule has 1 aliphatic heterocycles. The number of rotatable bonds is 5. The van der Waals surface area contributed by atoms with Crippen molar-refractivity contribution >= 4 is 5.91 Å². The minimum atomic E-state index is -0.583. The first-order chi connectivity index (χ1) is 11.2. The molecule has 0 aliphatic carbocycles. The summed E-state index contributed by atoms with van der Waals surface area (Å²) in [6.45, 7) is 0.688. The van der Waals surface area contributed by atoms with E-state index in [1.807, 2.05) is 0 Å². The molecule has 3 rings (SSSR count). The van der Waals surface area contributed by atoms with Crippen LogP contribution < -0.4 is 5.32 Å². The smallest absolute Gasteiger partial charge is 0.251 e. The Labute approximate surface area is 132 Å². The Hall–Kier alpha value is -2.25. The standard InChI is InChI=1S/C16H18FN3O3/c17-14-5-10(1-2-12(14)9-21)16(22)18-6-11-3-4-23-15(11)13-7-19-20-8-13/h1-2,5,7-8,11,15,21H,3-4,6,9H2,(H,18,22)(H,19,20)/t11-,15+/m1/s1. The molecular weight excluding hydrogens is 301 g/mol. The van der Waals surface area contributed by atoms with Gasteiger partial charge in [0.2, 0.25) is 0 Å². The summed E-state index contributed by atoms with van der Waals surface area (Å²) in [4.78, 5) is 12.1. The van der Waals surface area contributed by atoms with E-state index < -0.39 is 5.82 Å². The molecule has 2 heterocycles. The number of nitrogens with one attached hydrogen (secondary N) is 2. The predicted octanol–water partition coefficient (Wildman–Crippen LogP) is 1.55. The van der Waals surface area contributed by atoms with Gasteiger partial charge in [-0.15, -0.1) is 0 Å². The van der Waals surface area contributed by atoms with Crippen LogP contribution in [0.2, 0.25) is 0 Å². The Morgan fingerprint density at radius 2 is 2.39 bits per heavy atom. The number of benzene rings is 1. The molecule has 7 heteroatoms. The number of halogens is 1. The molecule has 122 valence electrons. The van der Waals surface area contributed by atoms with Gasteiger partial charge in [0.05, 0.1) is 18.9 Å². The van der Waals surface area contributed by atoms with Crippen molar-refractivity contribution in [2.24, 2.45) is 5.92 Å². The zero-order chi connectivity index (χ0) is 16.2. The molecule has 1 saturated heterocycles. The molecule has 2 aromatic rings. The van der Waals surface area contributed by atoms with E-state index in [0.29, 0.717) is 13.2 Å². The zero-order valence-corrected chi connectivity index (χ0v) is 12.5. The highest BCUT2D eigenvalue weighted by Gasteiger charge is 2.30. The summed E-state index contributed by atoms with van der Waals surface area (Å²) in [5.74, 6) is -0.773. The Morgan fingerprint density at radius 1 is 1.52 bits per heavy atom. The first kappa shape index (κ1) is 15.6. The van der Waals surface area contributed by atoms with Crippen LogP contribution in [0.4, 0.5) is 4.39 Å². The van der Waals surface area contributed by atoms with Crippen molar-refractivity contribution in [1.29, 1.82) is 0 Å². The van der Waals surface area contributed by atoms with Crippen LogP contribution in [-0.4, -0.2) is 34.4 Å². The maximum Gasteiger partial charge on any atom is 0.251 e. The van der Waals surface area contributed by atoms with Crippen molar-refractivity contribution in [2.75, 3.05) is 13.2 Å². The van der Waals surface area contributed by atoms with Gasteiger partial charge in [-0.3, -0.25) is 9.89 Å². The van der Waals surface area contributed by atoms with E-state index in [1.54, 1.807) is 12.4 Å². The van der Waals surface area contributed by atoms with Gasteiger partial charge in [-0.25, -0.2) is 4.39 Å². The van der Waals surface area contributed by atoms with Crippen LogP contribution in [0.25, 0.3) is 0 Å². The molecule has 2 atom stereocenters. The molecular formula is C16H18FN3O3. The lowest BCUT2D eigenvalue weighted by Crippen LogP contribution is -2.30. The van der Waals surface area contributed by atoms with Gasteiger partial charge in [-0.2, -0.15) is 5.10 Å². The van der Waals surface area contributed by atoms with Crippen molar-refractivity contribution in [3.8, 4) is 0 Å². The lowest BCUT2D eigenvalue weighted by atomic mass is 9.97. The normalized spacial score (nSPS) is 20.6. The first-order valence-electron chi connectivity index (χ1n) is 7.47. The third kappa shape index (κ3) is 3.40. The number of aliphatic hydroxyl groups excluding tert-OH is 1. The number of aromatic nitrogens is 2. The number of H-pyrrole nitrogens is 1. The number of carbonyl (C=O) groups is 1.